The largest absolute Gasteiger partial charge is 0.351 e. The minimum absolute atomic E-state index is 0.0781. The number of likely N-dealkylation sites (N-methyl/N-ethyl adjacent to an activating group) is 1. The molecule has 1 aromatic rings. The molecule has 86 valence electrons. The van der Waals surface area contributed by atoms with Crippen LogP contribution in [-0.2, 0) is 4.79 Å². The van der Waals surface area contributed by atoms with Crippen LogP contribution in [0.3, 0.4) is 0 Å². The van der Waals surface area contributed by atoms with Gasteiger partial charge in [0, 0.05) is 31.6 Å². The number of hydrogen-bond acceptors (Lipinski definition) is 3. The zero-order valence-corrected chi connectivity index (χ0v) is 9.68. The second-order valence-electron chi connectivity index (χ2n) is 3.71. The van der Waals surface area contributed by atoms with Gasteiger partial charge in [0.15, 0.2) is 0 Å². The molecule has 1 N–H and O–H groups in total. The van der Waals surface area contributed by atoms with E-state index in [1.807, 2.05) is 31.1 Å². The van der Waals surface area contributed by atoms with Crippen molar-refractivity contribution >= 4 is 12.0 Å². The van der Waals surface area contributed by atoms with E-state index < -0.39 is 0 Å². The number of carbonyl (C=O) groups excluding carboxylic acids is 1. The molecule has 0 radical (unpaired) electrons. The summed E-state index contributed by atoms with van der Waals surface area (Å²) in [4.78, 5) is 17.3. The molecule has 0 aliphatic heterocycles. The molecule has 1 aromatic heterocycles. The Kier molecular flexibility index (Phi) is 5.22. The highest BCUT2D eigenvalue weighted by atomic mass is 16.1. The van der Waals surface area contributed by atoms with Crippen LogP contribution in [0.25, 0.3) is 6.08 Å². The van der Waals surface area contributed by atoms with Crippen LogP contribution in [-0.4, -0.2) is 43.0 Å². The molecule has 1 amide bonds. The summed E-state index contributed by atoms with van der Waals surface area (Å²) in [6, 6.07) is 3.74. The number of pyridine rings is 1. The number of aromatic nitrogens is 1. The lowest BCUT2D eigenvalue weighted by Crippen LogP contribution is -2.30. The van der Waals surface area contributed by atoms with E-state index in [0.717, 1.165) is 12.1 Å². The molecule has 1 rings (SSSR count). The summed E-state index contributed by atoms with van der Waals surface area (Å²) in [5, 5.41) is 2.80. The smallest absolute Gasteiger partial charge is 0.244 e. The Morgan fingerprint density at radius 3 is 3.00 bits per heavy atom. The van der Waals surface area contributed by atoms with Gasteiger partial charge in [0.25, 0.3) is 0 Å². The van der Waals surface area contributed by atoms with Crippen LogP contribution in [0.4, 0.5) is 0 Å². The fourth-order valence-electron chi connectivity index (χ4n) is 1.11. The van der Waals surface area contributed by atoms with Gasteiger partial charge < -0.3 is 10.2 Å². The third kappa shape index (κ3) is 5.26. The highest BCUT2D eigenvalue weighted by Gasteiger charge is 1.95. The lowest BCUT2D eigenvalue weighted by Gasteiger charge is -2.08. The van der Waals surface area contributed by atoms with E-state index in [9.17, 15) is 4.79 Å². The Labute approximate surface area is 96.0 Å². The van der Waals surface area contributed by atoms with E-state index >= 15 is 0 Å². The van der Waals surface area contributed by atoms with Crippen LogP contribution in [0.1, 0.15) is 5.56 Å². The Hall–Kier alpha value is -1.68. The molecule has 0 unspecified atom stereocenters. The van der Waals surface area contributed by atoms with E-state index in [0.29, 0.717) is 6.54 Å². The van der Waals surface area contributed by atoms with Crippen molar-refractivity contribution < 1.29 is 4.79 Å². The number of nitrogens with zero attached hydrogens (tertiary/aromatic N) is 2. The molecule has 0 bridgehead atoms. The van der Waals surface area contributed by atoms with Crippen LogP contribution >= 0.6 is 0 Å². The molecule has 4 nitrogen and oxygen atoms in total. The molecule has 0 saturated carbocycles. The molecule has 0 saturated heterocycles. The number of amides is 1. The normalized spacial score (nSPS) is 10.9. The summed E-state index contributed by atoms with van der Waals surface area (Å²) in [6.07, 6.45) is 6.68. The van der Waals surface area contributed by atoms with E-state index in [4.69, 9.17) is 0 Å². The van der Waals surface area contributed by atoms with Gasteiger partial charge in [-0.1, -0.05) is 6.07 Å². The van der Waals surface area contributed by atoms with Gasteiger partial charge in [-0.25, -0.2) is 0 Å². The lowest BCUT2D eigenvalue weighted by atomic mass is 10.2. The average molecular weight is 219 g/mol. The van der Waals surface area contributed by atoms with Crippen LogP contribution in [0.2, 0.25) is 0 Å². The van der Waals surface area contributed by atoms with Crippen molar-refractivity contribution in [1.29, 1.82) is 0 Å². The first-order valence-corrected chi connectivity index (χ1v) is 5.19. The predicted octanol–water partition coefficient (Wildman–Crippen LogP) is 0.773. The first-order chi connectivity index (χ1) is 7.68. The number of carbonyl (C=O) groups is 1. The van der Waals surface area contributed by atoms with Gasteiger partial charge in [-0.15, -0.1) is 0 Å². The second kappa shape index (κ2) is 6.74. The van der Waals surface area contributed by atoms with Gasteiger partial charge in [0.2, 0.25) is 5.91 Å². The van der Waals surface area contributed by atoms with Crippen molar-refractivity contribution in [2.45, 2.75) is 0 Å². The summed E-state index contributed by atoms with van der Waals surface area (Å²) < 4.78 is 0. The quantitative estimate of drug-likeness (QED) is 0.744. The van der Waals surface area contributed by atoms with Crippen molar-refractivity contribution in [3.8, 4) is 0 Å². The number of hydrogen-bond donors (Lipinski definition) is 1. The van der Waals surface area contributed by atoms with E-state index in [1.165, 1.54) is 6.08 Å². The van der Waals surface area contributed by atoms with Crippen molar-refractivity contribution in [2.75, 3.05) is 27.2 Å². The Bertz CT molecular complexity index is 347. The predicted molar refractivity (Wildman–Crippen MR) is 64.8 cm³/mol. The van der Waals surface area contributed by atoms with Crippen LogP contribution in [0.5, 0.6) is 0 Å². The van der Waals surface area contributed by atoms with Gasteiger partial charge in [-0.05, 0) is 31.8 Å². The van der Waals surface area contributed by atoms with Gasteiger partial charge >= 0.3 is 0 Å². The average Bonchev–Trinajstić information content (AvgIpc) is 2.27. The second-order valence-corrected chi connectivity index (χ2v) is 3.71. The first kappa shape index (κ1) is 12.4. The maximum absolute atomic E-state index is 11.4. The highest BCUT2D eigenvalue weighted by molar-refractivity contribution is 5.91. The fourth-order valence-corrected chi connectivity index (χ4v) is 1.11. The molecule has 0 aliphatic carbocycles. The van der Waals surface area contributed by atoms with Crippen LogP contribution in [0, 0.1) is 0 Å². The minimum Gasteiger partial charge on any atom is -0.351 e. The zero-order valence-electron chi connectivity index (χ0n) is 9.68. The summed E-state index contributed by atoms with van der Waals surface area (Å²) >= 11 is 0. The Morgan fingerprint density at radius 2 is 2.38 bits per heavy atom. The molecular formula is C12H17N3O. The van der Waals surface area contributed by atoms with Crippen LogP contribution in [0.15, 0.2) is 30.6 Å². The first-order valence-electron chi connectivity index (χ1n) is 5.19. The highest BCUT2D eigenvalue weighted by Crippen LogP contribution is 1.97. The topological polar surface area (TPSA) is 45.2 Å². The summed E-state index contributed by atoms with van der Waals surface area (Å²) in [6.45, 7) is 1.50. The third-order valence-corrected chi connectivity index (χ3v) is 1.97. The standard InChI is InChI=1S/C12H17N3O/c1-15(2)9-8-14-12(16)6-5-11-4-3-7-13-10-11/h3-7,10H,8-9H2,1-2H3,(H,14,16)/b6-5+. The van der Waals surface area contributed by atoms with Gasteiger partial charge in [-0.2, -0.15) is 0 Å². The van der Waals surface area contributed by atoms with Gasteiger partial charge in [0.1, 0.15) is 0 Å². The van der Waals surface area contributed by atoms with Crippen molar-refractivity contribution in [2.24, 2.45) is 0 Å². The molecule has 16 heavy (non-hydrogen) atoms. The van der Waals surface area contributed by atoms with Crippen molar-refractivity contribution in [1.82, 2.24) is 15.2 Å². The lowest BCUT2D eigenvalue weighted by molar-refractivity contribution is -0.116. The molecule has 0 spiro atoms. The molecule has 0 atom stereocenters. The maximum atomic E-state index is 11.4. The van der Waals surface area contributed by atoms with Gasteiger partial charge in [0.05, 0.1) is 0 Å². The van der Waals surface area contributed by atoms with Gasteiger partial charge in [-0.3, -0.25) is 9.78 Å². The molecule has 0 fully saturated rings. The Morgan fingerprint density at radius 1 is 1.56 bits per heavy atom. The molecular weight excluding hydrogens is 202 g/mol. The monoisotopic (exact) mass is 219 g/mol. The van der Waals surface area contributed by atoms with Crippen molar-refractivity contribution in [3.63, 3.8) is 0 Å². The molecule has 0 aromatic carbocycles. The number of rotatable bonds is 5. The van der Waals surface area contributed by atoms with E-state index in [1.54, 1.807) is 18.5 Å². The minimum atomic E-state index is -0.0781. The number of nitrogens with one attached hydrogen (secondary N) is 1. The summed E-state index contributed by atoms with van der Waals surface area (Å²) in [5.41, 5.74) is 0.922. The summed E-state index contributed by atoms with van der Waals surface area (Å²) in [7, 11) is 3.94. The fraction of sp³-hybridized carbons (Fsp3) is 0.333. The zero-order chi connectivity index (χ0) is 11.8. The van der Waals surface area contributed by atoms with Crippen LogP contribution < -0.4 is 5.32 Å². The van der Waals surface area contributed by atoms with Crippen molar-refractivity contribution in [3.05, 3.63) is 36.2 Å². The summed E-state index contributed by atoms with van der Waals surface area (Å²) in [5.74, 6) is -0.0781. The third-order valence-electron chi connectivity index (χ3n) is 1.97. The molecule has 4 heteroatoms. The van der Waals surface area contributed by atoms with E-state index in [-0.39, 0.29) is 5.91 Å². The van der Waals surface area contributed by atoms with E-state index in [2.05, 4.69) is 10.3 Å². The molecule has 0 aliphatic rings. The molecule has 1 heterocycles. The maximum Gasteiger partial charge on any atom is 0.244 e. The Balaban J connectivity index is 2.32. The SMILES string of the molecule is CN(C)CCNC(=O)/C=C/c1cccnc1.